The van der Waals surface area contributed by atoms with Crippen molar-refractivity contribution in [3.8, 4) is 0 Å². The van der Waals surface area contributed by atoms with Crippen molar-refractivity contribution in [2.75, 3.05) is 13.2 Å². The number of rotatable bonds is 4. The van der Waals surface area contributed by atoms with Gasteiger partial charge in [-0.05, 0) is 47.1 Å². The summed E-state index contributed by atoms with van der Waals surface area (Å²) in [5.41, 5.74) is 0. The largest absolute Gasteiger partial charge is 0.396 e. The fourth-order valence-electron chi connectivity index (χ4n) is 3.78. The van der Waals surface area contributed by atoms with Crippen molar-refractivity contribution in [3.63, 3.8) is 0 Å². The third kappa shape index (κ3) is 2.48. The van der Waals surface area contributed by atoms with Gasteiger partial charge in [0.05, 0.1) is 22.4 Å². The Morgan fingerprint density at radius 2 is 1.79 bits per heavy atom. The zero-order valence-corrected chi connectivity index (χ0v) is 15.3. The number of thioether (sulfide) groups is 4. The van der Waals surface area contributed by atoms with E-state index in [-0.39, 0.29) is 11.5 Å². The highest BCUT2D eigenvalue weighted by atomic mass is 32.3. The van der Waals surface area contributed by atoms with Crippen LogP contribution in [0.25, 0.3) is 0 Å². The summed E-state index contributed by atoms with van der Waals surface area (Å²) in [6, 6.07) is 0. The highest BCUT2D eigenvalue weighted by Crippen LogP contribution is 2.80. The Hall–Kier alpha value is 1.32. The van der Waals surface area contributed by atoms with Crippen molar-refractivity contribution < 1.29 is 5.11 Å². The Bertz CT molecular complexity index is 393. The summed E-state index contributed by atoms with van der Waals surface area (Å²) in [4.78, 5) is 0.121. The average molecular weight is 338 g/mol. The first-order valence-corrected chi connectivity index (χ1v) is 10.2. The van der Waals surface area contributed by atoms with E-state index in [1.54, 1.807) is 0 Å². The van der Waals surface area contributed by atoms with Crippen LogP contribution in [0.1, 0.15) is 40.5 Å². The molecule has 3 bridgehead atoms. The maximum absolute atomic E-state index is 9.01. The summed E-state index contributed by atoms with van der Waals surface area (Å²) in [5.74, 6) is 0. The van der Waals surface area contributed by atoms with Crippen LogP contribution in [0.2, 0.25) is 0 Å². The molecule has 0 amide bonds. The third-order valence-corrected chi connectivity index (χ3v) is 11.7. The molecule has 3 heterocycles. The van der Waals surface area contributed by atoms with Crippen LogP contribution in [-0.4, -0.2) is 40.6 Å². The van der Waals surface area contributed by atoms with Crippen LogP contribution in [0.3, 0.4) is 0 Å². The summed E-state index contributed by atoms with van der Waals surface area (Å²) in [6.45, 7) is 10.9. The molecule has 0 aromatic carbocycles. The van der Waals surface area contributed by atoms with Crippen LogP contribution in [-0.2, 0) is 0 Å². The van der Waals surface area contributed by atoms with Gasteiger partial charge in [0.25, 0.3) is 0 Å². The molecule has 3 rings (SSSR count). The van der Waals surface area contributed by atoms with E-state index < -0.39 is 0 Å². The van der Waals surface area contributed by atoms with E-state index in [9.17, 15) is 0 Å². The van der Waals surface area contributed by atoms with Crippen LogP contribution in [0.15, 0.2) is 0 Å². The van der Waals surface area contributed by atoms with Crippen LogP contribution < -0.4 is 5.32 Å². The van der Waals surface area contributed by atoms with Gasteiger partial charge in [0.2, 0.25) is 0 Å². The fraction of sp³-hybridized carbons (Fsp3) is 1.00. The van der Waals surface area contributed by atoms with Gasteiger partial charge in [-0.2, -0.15) is 0 Å². The minimum absolute atomic E-state index is 0.121. The molecule has 5 unspecified atom stereocenters. The number of nitrogens with one attached hydrogen (secondary N) is 1. The van der Waals surface area contributed by atoms with Gasteiger partial charge in [0.1, 0.15) is 0 Å². The maximum atomic E-state index is 9.01. The second-order valence-electron chi connectivity index (χ2n) is 6.38. The first-order valence-electron chi connectivity index (χ1n) is 6.87. The number of hydrogen-bond donors (Lipinski definition) is 2. The van der Waals surface area contributed by atoms with Gasteiger partial charge in [-0.3, -0.25) is 0 Å². The molecule has 3 fully saturated rings. The molecule has 0 radical (unpaired) electrons. The van der Waals surface area contributed by atoms with Gasteiger partial charge >= 0.3 is 0 Å². The Balaban J connectivity index is 1.89. The molecular formula is C13H23NOS4. The van der Waals surface area contributed by atoms with E-state index in [0.717, 1.165) is 13.0 Å². The second-order valence-corrected chi connectivity index (χ2v) is 14.6. The molecule has 2 N–H and O–H groups in total. The van der Waals surface area contributed by atoms with Crippen LogP contribution in [0.4, 0.5) is 0 Å². The van der Waals surface area contributed by atoms with Gasteiger partial charge < -0.3 is 10.4 Å². The third-order valence-electron chi connectivity index (χ3n) is 4.06. The van der Waals surface area contributed by atoms with E-state index in [0.29, 0.717) is 17.5 Å². The minimum atomic E-state index is 0.121. The first-order chi connectivity index (χ1) is 8.73. The van der Waals surface area contributed by atoms with Crippen molar-refractivity contribution >= 4 is 47.0 Å². The van der Waals surface area contributed by atoms with Crippen molar-refractivity contribution in [1.29, 1.82) is 0 Å². The molecule has 3 aliphatic rings. The average Bonchev–Trinajstić information content (AvgIpc) is 2.39. The zero-order valence-electron chi connectivity index (χ0n) is 12.0. The number of aliphatic hydroxyl groups is 1. The fourth-order valence-corrected chi connectivity index (χ4v) is 15.2. The molecule has 0 aromatic heterocycles. The zero-order chi connectivity index (χ0) is 13.9. The van der Waals surface area contributed by atoms with E-state index in [4.69, 9.17) is 5.11 Å². The second kappa shape index (κ2) is 4.66. The van der Waals surface area contributed by atoms with E-state index in [2.05, 4.69) is 80.1 Å². The Morgan fingerprint density at radius 1 is 1.11 bits per heavy atom. The van der Waals surface area contributed by atoms with Gasteiger partial charge in [-0.1, -0.05) is 0 Å². The molecule has 0 aromatic rings. The van der Waals surface area contributed by atoms with E-state index >= 15 is 0 Å². The summed E-state index contributed by atoms with van der Waals surface area (Å²) in [6.07, 6.45) is 2.12. The molecule has 5 atom stereocenters. The van der Waals surface area contributed by atoms with Crippen LogP contribution >= 0.6 is 47.0 Å². The maximum Gasteiger partial charge on any atom is 0.0772 e. The number of hydrogen-bond acceptors (Lipinski definition) is 6. The molecule has 3 aliphatic heterocycles. The van der Waals surface area contributed by atoms with E-state index in [1.165, 1.54) is 6.42 Å². The SMILES string of the molecule is CC12CC3(C)SC(C)(NCCCO)C(S1)C(C)(S2)S3. The molecule has 19 heavy (non-hydrogen) atoms. The molecule has 0 spiro atoms. The van der Waals surface area contributed by atoms with E-state index in [1.807, 2.05) is 0 Å². The molecule has 2 nitrogen and oxygen atoms in total. The molecular weight excluding hydrogens is 314 g/mol. The van der Waals surface area contributed by atoms with Gasteiger partial charge in [-0.25, -0.2) is 0 Å². The summed E-state index contributed by atoms with van der Waals surface area (Å²) >= 11 is 8.67. The normalized spacial score (nSPS) is 55.7. The van der Waals surface area contributed by atoms with Crippen LogP contribution in [0.5, 0.6) is 0 Å². The summed E-state index contributed by atoms with van der Waals surface area (Å²) in [5, 5.41) is 13.4. The molecule has 3 saturated heterocycles. The first kappa shape index (κ1) is 15.2. The minimum Gasteiger partial charge on any atom is -0.396 e. The Labute approximate surface area is 133 Å². The van der Waals surface area contributed by atoms with Crippen molar-refractivity contribution in [2.24, 2.45) is 0 Å². The lowest BCUT2D eigenvalue weighted by atomic mass is 10.1. The van der Waals surface area contributed by atoms with Gasteiger partial charge in [0.15, 0.2) is 0 Å². The highest BCUT2D eigenvalue weighted by Gasteiger charge is 2.69. The topological polar surface area (TPSA) is 32.3 Å². The van der Waals surface area contributed by atoms with Crippen molar-refractivity contribution in [2.45, 2.75) is 62.9 Å². The standard InChI is InChI=1S/C13H23NOS4/c1-10-8-11(2)17-12(3,14-6-5-7-15)9(16-10)13(4,18-10)19-11/h9,14-15H,5-8H2,1-4H3. The number of fused-ring (bicyclic) bond motifs is 2. The highest BCUT2D eigenvalue weighted by molar-refractivity contribution is 8.35. The smallest absolute Gasteiger partial charge is 0.0772 e. The predicted octanol–water partition coefficient (Wildman–Crippen LogP) is 3.56. The molecule has 110 valence electrons. The quantitative estimate of drug-likeness (QED) is 0.763. The predicted molar refractivity (Wildman–Crippen MR) is 92.1 cm³/mol. The lowest BCUT2D eigenvalue weighted by Crippen LogP contribution is -2.59. The van der Waals surface area contributed by atoms with Crippen molar-refractivity contribution in [3.05, 3.63) is 0 Å². The van der Waals surface area contributed by atoms with Crippen molar-refractivity contribution in [1.82, 2.24) is 5.32 Å². The van der Waals surface area contributed by atoms with Gasteiger partial charge in [-0.15, -0.1) is 47.0 Å². The summed E-state index contributed by atoms with van der Waals surface area (Å²) in [7, 11) is 0. The molecule has 6 heteroatoms. The lowest BCUT2D eigenvalue weighted by molar-refractivity contribution is 0.281. The molecule has 0 saturated carbocycles. The Morgan fingerprint density at radius 3 is 2.47 bits per heavy atom. The Kier molecular flexibility index (Phi) is 3.73. The van der Waals surface area contributed by atoms with Crippen LogP contribution in [0, 0.1) is 0 Å². The lowest BCUT2D eigenvalue weighted by Gasteiger charge is -2.55. The van der Waals surface area contributed by atoms with Gasteiger partial charge in [0, 0.05) is 6.61 Å². The summed E-state index contributed by atoms with van der Waals surface area (Å²) < 4.78 is 1.01. The number of aliphatic hydroxyl groups excluding tert-OH is 1. The monoisotopic (exact) mass is 337 g/mol. The molecule has 0 aliphatic carbocycles.